The van der Waals surface area contributed by atoms with Crippen LogP contribution in [0.3, 0.4) is 0 Å². The fourth-order valence-corrected chi connectivity index (χ4v) is 3.27. The quantitative estimate of drug-likeness (QED) is 0.891. The number of hydrogen-bond acceptors (Lipinski definition) is 3. The van der Waals surface area contributed by atoms with Gasteiger partial charge in [0.25, 0.3) is 0 Å². The van der Waals surface area contributed by atoms with Gasteiger partial charge in [0.1, 0.15) is 0 Å². The van der Waals surface area contributed by atoms with Crippen molar-refractivity contribution in [3.8, 4) is 0 Å². The first-order valence-electron chi connectivity index (χ1n) is 6.80. The van der Waals surface area contributed by atoms with E-state index in [2.05, 4.69) is 12.2 Å². The van der Waals surface area contributed by atoms with E-state index in [9.17, 15) is 8.42 Å². The molecule has 2 atom stereocenters. The SMILES string of the molecule is CCC1CCC(Nc2cc(S(N)(=O)=O)ccc2C)C1. The average Bonchev–Trinajstić information content (AvgIpc) is 2.78. The third kappa shape index (κ3) is 3.48. The molecule has 2 rings (SSSR count). The Morgan fingerprint density at radius 1 is 1.37 bits per heavy atom. The molecule has 0 aromatic heterocycles. The topological polar surface area (TPSA) is 72.2 Å². The summed E-state index contributed by atoms with van der Waals surface area (Å²) in [5, 5.41) is 8.64. The Kier molecular flexibility index (Phi) is 4.16. The maximum Gasteiger partial charge on any atom is 0.238 e. The summed E-state index contributed by atoms with van der Waals surface area (Å²) in [6.07, 6.45) is 4.78. The molecule has 0 bridgehead atoms. The van der Waals surface area contributed by atoms with Gasteiger partial charge in [0.2, 0.25) is 10.0 Å². The highest BCUT2D eigenvalue weighted by Crippen LogP contribution is 2.31. The summed E-state index contributed by atoms with van der Waals surface area (Å²) >= 11 is 0. The van der Waals surface area contributed by atoms with Crippen LogP contribution in [-0.4, -0.2) is 14.5 Å². The van der Waals surface area contributed by atoms with Crippen LogP contribution in [0.1, 0.15) is 38.2 Å². The van der Waals surface area contributed by atoms with E-state index in [0.717, 1.165) is 30.0 Å². The summed E-state index contributed by atoms with van der Waals surface area (Å²) in [7, 11) is -3.63. The maximum absolute atomic E-state index is 11.4. The number of primary sulfonamides is 1. The molecule has 2 unspecified atom stereocenters. The van der Waals surface area contributed by atoms with Crippen molar-refractivity contribution in [1.29, 1.82) is 0 Å². The molecule has 4 nitrogen and oxygen atoms in total. The minimum atomic E-state index is -3.63. The molecule has 0 saturated heterocycles. The zero-order valence-electron chi connectivity index (χ0n) is 11.5. The molecule has 0 heterocycles. The van der Waals surface area contributed by atoms with Crippen molar-refractivity contribution in [2.45, 2.75) is 50.5 Å². The molecule has 1 aromatic carbocycles. The Hall–Kier alpha value is -1.07. The van der Waals surface area contributed by atoms with Gasteiger partial charge in [-0.25, -0.2) is 13.6 Å². The summed E-state index contributed by atoms with van der Waals surface area (Å²) in [6, 6.07) is 5.44. The minimum Gasteiger partial charge on any atom is -0.382 e. The van der Waals surface area contributed by atoms with E-state index in [1.807, 2.05) is 6.92 Å². The van der Waals surface area contributed by atoms with Crippen molar-refractivity contribution >= 4 is 15.7 Å². The molecular weight excluding hydrogens is 260 g/mol. The highest BCUT2D eigenvalue weighted by Gasteiger charge is 2.23. The molecule has 1 fully saturated rings. The Balaban J connectivity index is 2.16. The third-order valence-electron chi connectivity index (χ3n) is 4.02. The lowest BCUT2D eigenvalue weighted by molar-refractivity contribution is 0.525. The Morgan fingerprint density at radius 3 is 2.68 bits per heavy atom. The van der Waals surface area contributed by atoms with Gasteiger partial charge in [-0.3, -0.25) is 0 Å². The number of rotatable bonds is 4. The molecule has 0 aliphatic heterocycles. The van der Waals surface area contributed by atoms with Crippen molar-refractivity contribution in [1.82, 2.24) is 0 Å². The average molecular weight is 282 g/mol. The molecule has 0 spiro atoms. The second-order valence-electron chi connectivity index (χ2n) is 5.45. The van der Waals surface area contributed by atoms with Crippen LogP contribution >= 0.6 is 0 Å². The molecule has 19 heavy (non-hydrogen) atoms. The van der Waals surface area contributed by atoms with E-state index >= 15 is 0 Å². The van der Waals surface area contributed by atoms with Crippen molar-refractivity contribution in [3.05, 3.63) is 23.8 Å². The molecule has 1 saturated carbocycles. The van der Waals surface area contributed by atoms with E-state index in [-0.39, 0.29) is 4.90 Å². The van der Waals surface area contributed by atoms with Crippen LogP contribution < -0.4 is 10.5 Å². The third-order valence-corrected chi connectivity index (χ3v) is 4.93. The lowest BCUT2D eigenvalue weighted by atomic mass is 10.1. The van der Waals surface area contributed by atoms with Crippen LogP contribution in [-0.2, 0) is 10.0 Å². The van der Waals surface area contributed by atoms with Crippen molar-refractivity contribution < 1.29 is 8.42 Å². The summed E-state index contributed by atoms with van der Waals surface area (Å²) in [5.74, 6) is 0.791. The standard InChI is InChI=1S/C14H22N2O2S/c1-3-11-5-6-12(8-11)16-14-9-13(19(15,17)18)7-4-10(14)2/h4,7,9,11-12,16H,3,5-6,8H2,1-2H3,(H2,15,17,18). The fourth-order valence-electron chi connectivity index (χ4n) is 2.73. The van der Waals surface area contributed by atoms with Gasteiger partial charge < -0.3 is 5.32 Å². The van der Waals surface area contributed by atoms with Gasteiger partial charge in [0, 0.05) is 11.7 Å². The molecule has 3 N–H and O–H groups in total. The summed E-state index contributed by atoms with van der Waals surface area (Å²) < 4.78 is 22.8. The number of aryl methyl sites for hydroxylation is 1. The summed E-state index contributed by atoms with van der Waals surface area (Å²) in [4.78, 5) is 0.172. The number of nitrogens with one attached hydrogen (secondary N) is 1. The van der Waals surface area contributed by atoms with Crippen LogP contribution in [0.2, 0.25) is 0 Å². The normalized spacial score (nSPS) is 23.5. The van der Waals surface area contributed by atoms with Crippen LogP contribution in [0.5, 0.6) is 0 Å². The number of hydrogen-bond donors (Lipinski definition) is 2. The zero-order chi connectivity index (χ0) is 14.0. The highest BCUT2D eigenvalue weighted by atomic mass is 32.2. The van der Waals surface area contributed by atoms with Crippen LogP contribution in [0.15, 0.2) is 23.1 Å². The van der Waals surface area contributed by atoms with E-state index in [1.54, 1.807) is 18.2 Å². The zero-order valence-corrected chi connectivity index (χ0v) is 12.3. The summed E-state index contributed by atoms with van der Waals surface area (Å²) in [6.45, 7) is 4.20. The predicted molar refractivity (Wildman–Crippen MR) is 77.6 cm³/mol. The van der Waals surface area contributed by atoms with Gasteiger partial charge in [-0.05, 0) is 49.8 Å². The van der Waals surface area contributed by atoms with Crippen molar-refractivity contribution in [3.63, 3.8) is 0 Å². The van der Waals surface area contributed by atoms with Gasteiger partial charge in [0.15, 0.2) is 0 Å². The molecule has 106 valence electrons. The molecule has 0 amide bonds. The lowest BCUT2D eigenvalue weighted by Gasteiger charge is -2.17. The largest absolute Gasteiger partial charge is 0.382 e. The number of nitrogens with two attached hydrogens (primary N) is 1. The van der Waals surface area contributed by atoms with Crippen LogP contribution in [0.25, 0.3) is 0 Å². The highest BCUT2D eigenvalue weighted by molar-refractivity contribution is 7.89. The number of sulfonamides is 1. The first-order chi connectivity index (χ1) is 8.90. The second-order valence-corrected chi connectivity index (χ2v) is 7.01. The van der Waals surface area contributed by atoms with Gasteiger partial charge in [0.05, 0.1) is 4.90 Å². The van der Waals surface area contributed by atoms with Crippen LogP contribution in [0, 0.1) is 12.8 Å². The Morgan fingerprint density at radius 2 is 2.11 bits per heavy atom. The van der Waals surface area contributed by atoms with Gasteiger partial charge in [-0.15, -0.1) is 0 Å². The first kappa shape index (κ1) is 14.3. The molecule has 1 aliphatic rings. The smallest absolute Gasteiger partial charge is 0.238 e. The number of anilines is 1. The van der Waals surface area contributed by atoms with E-state index in [0.29, 0.717) is 6.04 Å². The minimum absolute atomic E-state index is 0.172. The molecular formula is C14H22N2O2S. The maximum atomic E-state index is 11.4. The fraction of sp³-hybridized carbons (Fsp3) is 0.571. The van der Waals surface area contributed by atoms with E-state index in [1.165, 1.54) is 12.8 Å². The monoisotopic (exact) mass is 282 g/mol. The Bertz CT molecular complexity index is 555. The molecule has 1 aliphatic carbocycles. The van der Waals surface area contributed by atoms with Gasteiger partial charge >= 0.3 is 0 Å². The second kappa shape index (κ2) is 5.51. The van der Waals surface area contributed by atoms with Crippen LogP contribution in [0.4, 0.5) is 5.69 Å². The van der Waals surface area contributed by atoms with Crippen molar-refractivity contribution in [2.75, 3.05) is 5.32 Å². The molecule has 0 radical (unpaired) electrons. The Labute approximate surface area is 115 Å². The predicted octanol–water partition coefficient (Wildman–Crippen LogP) is 2.63. The summed E-state index contributed by atoms with van der Waals surface area (Å²) in [5.41, 5.74) is 1.93. The molecule has 5 heteroatoms. The van der Waals surface area contributed by atoms with Gasteiger partial charge in [-0.2, -0.15) is 0 Å². The van der Waals surface area contributed by atoms with E-state index < -0.39 is 10.0 Å². The first-order valence-corrected chi connectivity index (χ1v) is 8.34. The van der Waals surface area contributed by atoms with Gasteiger partial charge in [-0.1, -0.05) is 19.4 Å². The lowest BCUT2D eigenvalue weighted by Crippen LogP contribution is -2.18. The van der Waals surface area contributed by atoms with E-state index in [4.69, 9.17) is 5.14 Å². The van der Waals surface area contributed by atoms with Crippen molar-refractivity contribution in [2.24, 2.45) is 11.1 Å². The molecule has 1 aromatic rings. The number of benzene rings is 1.